The van der Waals surface area contributed by atoms with Crippen molar-refractivity contribution < 1.29 is 9.90 Å². The SMILES string of the molecule is O=C(O)c1ccc2nc3c4ccc(Br)c5cccc(c(=O)n3c2c1)c54. The lowest BCUT2D eigenvalue weighted by Gasteiger charge is -2.08. The number of hydrogen-bond donors (Lipinski definition) is 1. The van der Waals surface area contributed by atoms with E-state index in [0.717, 1.165) is 20.6 Å². The smallest absolute Gasteiger partial charge is 0.335 e. The Balaban J connectivity index is 2.12. The molecule has 0 aliphatic carbocycles. The van der Waals surface area contributed by atoms with E-state index in [1.165, 1.54) is 16.5 Å². The highest BCUT2D eigenvalue weighted by Crippen LogP contribution is 2.33. The van der Waals surface area contributed by atoms with Crippen molar-refractivity contribution in [3.63, 3.8) is 0 Å². The molecule has 0 aliphatic heterocycles. The highest BCUT2D eigenvalue weighted by atomic mass is 79.9. The second-order valence-electron chi connectivity index (χ2n) is 5.91. The van der Waals surface area contributed by atoms with E-state index in [9.17, 15) is 14.7 Å². The van der Waals surface area contributed by atoms with Crippen LogP contribution in [0.5, 0.6) is 0 Å². The number of carboxylic acid groups (broad SMARTS) is 1. The van der Waals surface area contributed by atoms with Gasteiger partial charge in [0.2, 0.25) is 0 Å². The maximum atomic E-state index is 13.1. The van der Waals surface area contributed by atoms with Gasteiger partial charge in [0.25, 0.3) is 5.56 Å². The van der Waals surface area contributed by atoms with Gasteiger partial charge in [0.15, 0.2) is 0 Å². The molecule has 25 heavy (non-hydrogen) atoms. The molecule has 0 saturated carbocycles. The molecule has 0 unspecified atom stereocenters. The van der Waals surface area contributed by atoms with E-state index in [2.05, 4.69) is 20.9 Å². The summed E-state index contributed by atoms with van der Waals surface area (Å²) in [6, 6.07) is 14.1. The van der Waals surface area contributed by atoms with Gasteiger partial charge in [-0.25, -0.2) is 9.78 Å². The van der Waals surface area contributed by atoms with Gasteiger partial charge in [-0.2, -0.15) is 0 Å². The maximum Gasteiger partial charge on any atom is 0.335 e. The van der Waals surface area contributed by atoms with Crippen LogP contribution in [0.2, 0.25) is 0 Å². The number of nitrogens with zero attached hydrogens (tertiary/aromatic N) is 2. The lowest BCUT2D eigenvalue weighted by molar-refractivity contribution is 0.0697. The molecule has 3 aromatic carbocycles. The molecule has 0 bridgehead atoms. The average Bonchev–Trinajstić information content (AvgIpc) is 2.99. The molecule has 6 heteroatoms. The molecule has 5 aromatic rings. The second kappa shape index (κ2) is 4.77. The number of benzene rings is 3. The van der Waals surface area contributed by atoms with Gasteiger partial charge < -0.3 is 5.11 Å². The van der Waals surface area contributed by atoms with Crippen molar-refractivity contribution in [3.8, 4) is 0 Å². The summed E-state index contributed by atoms with van der Waals surface area (Å²) in [6.07, 6.45) is 0. The van der Waals surface area contributed by atoms with Crippen LogP contribution in [0, 0.1) is 0 Å². The summed E-state index contributed by atoms with van der Waals surface area (Å²) in [4.78, 5) is 29.0. The Labute approximate surface area is 148 Å². The molecular formula is C19H9BrN2O3. The first-order valence-electron chi connectivity index (χ1n) is 7.58. The third-order valence-electron chi connectivity index (χ3n) is 4.56. The van der Waals surface area contributed by atoms with Crippen molar-refractivity contribution in [2.24, 2.45) is 0 Å². The molecule has 120 valence electrons. The van der Waals surface area contributed by atoms with E-state index in [-0.39, 0.29) is 11.1 Å². The van der Waals surface area contributed by atoms with Crippen LogP contribution >= 0.6 is 15.9 Å². The van der Waals surface area contributed by atoms with Crippen molar-refractivity contribution in [2.75, 3.05) is 0 Å². The van der Waals surface area contributed by atoms with Crippen LogP contribution < -0.4 is 5.56 Å². The number of rotatable bonds is 1. The lowest BCUT2D eigenvalue weighted by atomic mass is 10.0. The zero-order valence-electron chi connectivity index (χ0n) is 12.7. The molecule has 0 radical (unpaired) electrons. The molecule has 5 nitrogen and oxygen atoms in total. The van der Waals surface area contributed by atoms with Crippen molar-refractivity contribution in [1.82, 2.24) is 9.38 Å². The minimum Gasteiger partial charge on any atom is -0.478 e. The molecule has 5 rings (SSSR count). The third kappa shape index (κ3) is 1.80. The number of fused-ring (bicyclic) bond motifs is 4. The number of hydrogen-bond acceptors (Lipinski definition) is 3. The summed E-state index contributed by atoms with van der Waals surface area (Å²) < 4.78 is 2.42. The van der Waals surface area contributed by atoms with Gasteiger partial charge >= 0.3 is 5.97 Å². The standard InChI is InChI=1S/C19H9BrN2O3/c20-13-6-5-11-16-10(13)2-1-3-12(16)18(23)22-15-8-9(19(24)25)4-7-14(15)21-17(11)22/h1-8H,(H,24,25). The molecule has 0 spiro atoms. The summed E-state index contributed by atoms with van der Waals surface area (Å²) >= 11 is 3.53. The van der Waals surface area contributed by atoms with Crippen molar-refractivity contribution >= 4 is 60.1 Å². The normalized spacial score (nSPS) is 11.9. The molecule has 0 aliphatic rings. The monoisotopic (exact) mass is 392 g/mol. The average molecular weight is 393 g/mol. The number of aromatic nitrogens is 2. The van der Waals surface area contributed by atoms with Gasteiger partial charge in [-0.05, 0) is 41.8 Å². The number of aromatic carboxylic acids is 1. The van der Waals surface area contributed by atoms with Crippen molar-refractivity contribution in [1.29, 1.82) is 0 Å². The van der Waals surface area contributed by atoms with Crippen molar-refractivity contribution in [3.05, 3.63) is 68.9 Å². The van der Waals surface area contributed by atoms with E-state index in [1.54, 1.807) is 12.1 Å². The van der Waals surface area contributed by atoms with Gasteiger partial charge in [0.05, 0.1) is 16.6 Å². The number of halogens is 1. The highest BCUT2D eigenvalue weighted by molar-refractivity contribution is 9.10. The zero-order chi connectivity index (χ0) is 17.3. The molecule has 0 amide bonds. The Kier molecular flexibility index (Phi) is 2.74. The van der Waals surface area contributed by atoms with Crippen LogP contribution in [0.3, 0.4) is 0 Å². The Morgan fingerprint density at radius 3 is 2.64 bits per heavy atom. The van der Waals surface area contributed by atoms with Gasteiger partial charge in [0, 0.05) is 20.6 Å². The van der Waals surface area contributed by atoms with Gasteiger partial charge in [0.1, 0.15) is 5.65 Å². The lowest BCUT2D eigenvalue weighted by Crippen LogP contribution is -2.13. The first-order valence-corrected chi connectivity index (χ1v) is 8.37. The van der Waals surface area contributed by atoms with Crippen LogP contribution in [-0.4, -0.2) is 20.5 Å². The van der Waals surface area contributed by atoms with E-state index >= 15 is 0 Å². The van der Waals surface area contributed by atoms with Crippen LogP contribution in [0.1, 0.15) is 10.4 Å². The number of imidazole rings is 1. The van der Waals surface area contributed by atoms with E-state index in [0.29, 0.717) is 22.1 Å². The molecule has 1 N–H and O–H groups in total. The predicted octanol–water partition coefficient (Wildman–Crippen LogP) is 4.05. The summed E-state index contributed by atoms with van der Waals surface area (Å²) in [6.45, 7) is 0. The van der Waals surface area contributed by atoms with Crippen molar-refractivity contribution in [2.45, 2.75) is 0 Å². The maximum absolute atomic E-state index is 13.1. The van der Waals surface area contributed by atoms with E-state index in [1.807, 2.05) is 24.3 Å². The Morgan fingerprint density at radius 2 is 1.84 bits per heavy atom. The third-order valence-corrected chi connectivity index (χ3v) is 5.25. The first kappa shape index (κ1) is 14.4. The van der Waals surface area contributed by atoms with Crippen LogP contribution in [-0.2, 0) is 0 Å². The quantitative estimate of drug-likeness (QED) is 0.467. The summed E-state index contributed by atoms with van der Waals surface area (Å²) in [5, 5.41) is 12.5. The Morgan fingerprint density at radius 1 is 1.04 bits per heavy atom. The molecular weight excluding hydrogens is 384 g/mol. The largest absolute Gasteiger partial charge is 0.478 e. The van der Waals surface area contributed by atoms with Crippen LogP contribution in [0.25, 0.3) is 38.2 Å². The summed E-state index contributed by atoms with van der Waals surface area (Å²) in [5.41, 5.74) is 1.57. The number of carbonyl (C=O) groups is 1. The van der Waals surface area contributed by atoms with Crippen LogP contribution in [0.15, 0.2) is 57.8 Å². The number of pyridine rings is 1. The minimum absolute atomic E-state index is 0.128. The molecule has 0 fully saturated rings. The Bertz CT molecular complexity index is 1410. The predicted molar refractivity (Wildman–Crippen MR) is 99.8 cm³/mol. The molecule has 2 aromatic heterocycles. The van der Waals surface area contributed by atoms with Gasteiger partial charge in [-0.3, -0.25) is 9.20 Å². The fourth-order valence-electron chi connectivity index (χ4n) is 3.45. The first-order chi connectivity index (χ1) is 12.1. The molecule has 0 atom stereocenters. The topological polar surface area (TPSA) is 71.7 Å². The van der Waals surface area contributed by atoms with Crippen LogP contribution in [0.4, 0.5) is 0 Å². The number of carboxylic acids is 1. The molecule has 2 heterocycles. The highest BCUT2D eigenvalue weighted by Gasteiger charge is 2.17. The minimum atomic E-state index is -1.04. The Hall–Kier alpha value is -2.99. The van der Waals surface area contributed by atoms with E-state index < -0.39 is 5.97 Å². The zero-order valence-corrected chi connectivity index (χ0v) is 14.2. The van der Waals surface area contributed by atoms with Gasteiger partial charge in [-0.1, -0.05) is 28.1 Å². The molecule has 0 saturated heterocycles. The second-order valence-corrected chi connectivity index (χ2v) is 6.76. The van der Waals surface area contributed by atoms with E-state index in [4.69, 9.17) is 0 Å². The van der Waals surface area contributed by atoms with Gasteiger partial charge in [-0.15, -0.1) is 0 Å². The summed E-state index contributed by atoms with van der Waals surface area (Å²) in [5.74, 6) is -1.04. The fourth-order valence-corrected chi connectivity index (χ4v) is 3.91. The summed E-state index contributed by atoms with van der Waals surface area (Å²) in [7, 11) is 0. The fraction of sp³-hybridized carbons (Fsp3) is 0.